The maximum Gasteiger partial charge on any atom is 0.269 e. The molecule has 1 aromatic carbocycles. The first-order valence-corrected chi connectivity index (χ1v) is 12.2. The Labute approximate surface area is 185 Å². The van der Waals surface area contributed by atoms with E-state index in [1.165, 1.54) is 39.9 Å². The summed E-state index contributed by atoms with van der Waals surface area (Å²) in [5.41, 5.74) is 5.40. The highest BCUT2D eigenvalue weighted by Gasteiger charge is 2.27. The summed E-state index contributed by atoms with van der Waals surface area (Å²) < 4.78 is 26.5. The number of nitrogens with one attached hydrogen (secondary N) is 2. The standard InChI is InChI=1S/C21H25N3O5S2/c1-14-13-18(15(2)30-14)19(25)9-10-20(26)22-23-21(27)16-5-7-17(8-6-16)31(28,29)24-11-3-4-12-24/h5-8,13H,3-4,9-12H2,1-2H3,(H,22,26)(H,23,27). The average Bonchev–Trinajstić information content (AvgIpc) is 3.40. The van der Waals surface area contributed by atoms with E-state index in [2.05, 4.69) is 10.9 Å². The van der Waals surface area contributed by atoms with Gasteiger partial charge in [-0.2, -0.15) is 4.31 Å². The second kappa shape index (κ2) is 9.71. The van der Waals surface area contributed by atoms with E-state index >= 15 is 0 Å². The molecule has 2 aromatic rings. The Hall–Kier alpha value is -2.56. The van der Waals surface area contributed by atoms with Crippen LogP contribution in [-0.2, 0) is 14.8 Å². The van der Waals surface area contributed by atoms with Crippen molar-refractivity contribution in [1.82, 2.24) is 15.2 Å². The van der Waals surface area contributed by atoms with Gasteiger partial charge in [-0.1, -0.05) is 0 Å². The molecule has 2 heterocycles. The molecule has 1 aliphatic rings. The molecular formula is C21H25N3O5S2. The Bertz CT molecular complexity index is 1080. The first kappa shape index (κ1) is 23.1. The molecule has 1 saturated heterocycles. The predicted molar refractivity (Wildman–Crippen MR) is 117 cm³/mol. The third-order valence-electron chi connectivity index (χ3n) is 5.06. The van der Waals surface area contributed by atoms with E-state index < -0.39 is 21.8 Å². The molecule has 1 aromatic heterocycles. The SMILES string of the molecule is Cc1cc(C(=O)CCC(=O)NNC(=O)c2ccc(S(=O)(=O)N3CCCC3)cc2)c(C)s1. The molecule has 8 nitrogen and oxygen atoms in total. The molecule has 2 N–H and O–H groups in total. The fraction of sp³-hybridized carbons (Fsp3) is 0.381. The van der Waals surface area contributed by atoms with Gasteiger partial charge in [0, 0.05) is 46.8 Å². The maximum atomic E-state index is 12.5. The Morgan fingerprint density at radius 2 is 1.65 bits per heavy atom. The number of Topliss-reactive ketones (excluding diaryl/α,β-unsaturated/α-hetero) is 1. The molecular weight excluding hydrogens is 438 g/mol. The lowest BCUT2D eigenvalue weighted by Crippen LogP contribution is -2.41. The average molecular weight is 464 g/mol. The van der Waals surface area contributed by atoms with Gasteiger partial charge < -0.3 is 0 Å². The van der Waals surface area contributed by atoms with Crippen molar-refractivity contribution >= 4 is 39.0 Å². The van der Waals surface area contributed by atoms with E-state index in [1.54, 1.807) is 0 Å². The van der Waals surface area contributed by atoms with Crippen molar-refractivity contribution in [1.29, 1.82) is 0 Å². The summed E-state index contributed by atoms with van der Waals surface area (Å²) in [6, 6.07) is 7.38. The summed E-state index contributed by atoms with van der Waals surface area (Å²) in [5.74, 6) is -1.17. The molecule has 0 aliphatic carbocycles. The van der Waals surface area contributed by atoms with Crippen LogP contribution in [0.15, 0.2) is 35.2 Å². The number of rotatable bonds is 7. The number of aryl methyl sites for hydroxylation is 2. The normalized spacial score (nSPS) is 14.4. The van der Waals surface area contributed by atoms with Crippen LogP contribution in [-0.4, -0.2) is 43.4 Å². The smallest absolute Gasteiger partial charge is 0.269 e. The molecule has 0 spiro atoms. The quantitative estimate of drug-likeness (QED) is 0.484. The number of hydrazine groups is 1. The van der Waals surface area contributed by atoms with Crippen molar-refractivity contribution in [3.8, 4) is 0 Å². The van der Waals surface area contributed by atoms with E-state index in [4.69, 9.17) is 0 Å². The van der Waals surface area contributed by atoms with Gasteiger partial charge in [0.25, 0.3) is 5.91 Å². The van der Waals surface area contributed by atoms with E-state index in [9.17, 15) is 22.8 Å². The van der Waals surface area contributed by atoms with Crippen molar-refractivity contribution in [3.63, 3.8) is 0 Å². The molecule has 1 aliphatic heterocycles. The highest BCUT2D eigenvalue weighted by Crippen LogP contribution is 2.22. The van der Waals surface area contributed by atoms with Gasteiger partial charge in [0.1, 0.15) is 0 Å². The molecule has 0 atom stereocenters. The zero-order valence-electron chi connectivity index (χ0n) is 17.4. The minimum absolute atomic E-state index is 0.0434. The van der Waals surface area contributed by atoms with Crippen LogP contribution < -0.4 is 10.9 Å². The Kier molecular flexibility index (Phi) is 7.24. The Morgan fingerprint density at radius 3 is 2.23 bits per heavy atom. The number of nitrogens with zero attached hydrogens (tertiary/aromatic N) is 1. The van der Waals surface area contributed by atoms with Gasteiger partial charge in [-0.15, -0.1) is 11.3 Å². The van der Waals surface area contributed by atoms with Gasteiger partial charge >= 0.3 is 0 Å². The van der Waals surface area contributed by atoms with Crippen LogP contribution in [0.25, 0.3) is 0 Å². The van der Waals surface area contributed by atoms with Crippen LogP contribution in [0, 0.1) is 13.8 Å². The van der Waals surface area contributed by atoms with E-state index in [-0.39, 0.29) is 29.1 Å². The Morgan fingerprint density at radius 1 is 1.00 bits per heavy atom. The molecule has 1 fully saturated rings. The Balaban J connectivity index is 1.49. The third kappa shape index (κ3) is 5.57. The molecule has 2 amide bonds. The molecule has 0 unspecified atom stereocenters. The number of ketones is 1. The van der Waals surface area contributed by atoms with Crippen LogP contribution in [0.3, 0.4) is 0 Å². The summed E-state index contributed by atoms with van der Waals surface area (Å²) >= 11 is 1.53. The third-order valence-corrected chi connectivity index (χ3v) is 7.93. The van der Waals surface area contributed by atoms with Crippen LogP contribution in [0.4, 0.5) is 0 Å². The number of thiophene rings is 1. The van der Waals surface area contributed by atoms with Crippen molar-refractivity contribution in [2.24, 2.45) is 0 Å². The molecule has 10 heteroatoms. The summed E-state index contributed by atoms with van der Waals surface area (Å²) in [6.45, 7) is 4.80. The zero-order valence-corrected chi connectivity index (χ0v) is 19.1. The topological polar surface area (TPSA) is 113 Å². The lowest BCUT2D eigenvalue weighted by atomic mass is 10.1. The van der Waals surface area contributed by atoms with Crippen LogP contribution in [0.1, 0.15) is 56.2 Å². The molecule has 31 heavy (non-hydrogen) atoms. The van der Waals surface area contributed by atoms with Crippen molar-refractivity contribution in [3.05, 3.63) is 51.2 Å². The van der Waals surface area contributed by atoms with Crippen molar-refractivity contribution < 1.29 is 22.8 Å². The van der Waals surface area contributed by atoms with Crippen LogP contribution >= 0.6 is 11.3 Å². The summed E-state index contributed by atoms with van der Waals surface area (Å²) in [7, 11) is -3.55. The number of hydrogen-bond donors (Lipinski definition) is 2. The maximum absolute atomic E-state index is 12.5. The largest absolute Gasteiger partial charge is 0.294 e. The predicted octanol–water partition coefficient (Wildman–Crippen LogP) is 2.57. The van der Waals surface area contributed by atoms with Gasteiger partial charge in [0.2, 0.25) is 15.9 Å². The van der Waals surface area contributed by atoms with E-state index in [0.717, 1.165) is 22.6 Å². The number of amides is 2. The molecule has 166 valence electrons. The van der Waals surface area contributed by atoms with E-state index in [1.807, 2.05) is 19.9 Å². The lowest BCUT2D eigenvalue weighted by molar-refractivity contribution is -0.121. The van der Waals surface area contributed by atoms with Gasteiger partial charge in [-0.3, -0.25) is 25.2 Å². The van der Waals surface area contributed by atoms with Crippen molar-refractivity contribution in [2.45, 2.75) is 44.4 Å². The summed E-state index contributed by atoms with van der Waals surface area (Å²) in [6.07, 6.45) is 1.68. The lowest BCUT2D eigenvalue weighted by Gasteiger charge is -2.15. The fourth-order valence-corrected chi connectivity index (χ4v) is 5.85. The number of carbonyl (C=O) groups excluding carboxylic acids is 3. The number of sulfonamides is 1. The summed E-state index contributed by atoms with van der Waals surface area (Å²) in [5, 5.41) is 0. The molecule has 0 bridgehead atoms. The van der Waals surface area contributed by atoms with Crippen LogP contribution in [0.5, 0.6) is 0 Å². The first-order valence-electron chi connectivity index (χ1n) is 9.98. The number of carbonyl (C=O) groups is 3. The van der Waals surface area contributed by atoms with Crippen molar-refractivity contribution in [2.75, 3.05) is 13.1 Å². The van der Waals surface area contributed by atoms with Gasteiger partial charge in [0.05, 0.1) is 4.90 Å². The van der Waals surface area contributed by atoms with Gasteiger partial charge in [0.15, 0.2) is 5.78 Å². The monoisotopic (exact) mass is 463 g/mol. The first-order chi connectivity index (χ1) is 14.7. The second-order valence-corrected chi connectivity index (χ2v) is 10.8. The highest BCUT2D eigenvalue weighted by atomic mass is 32.2. The fourth-order valence-electron chi connectivity index (χ4n) is 3.39. The number of benzene rings is 1. The van der Waals surface area contributed by atoms with E-state index in [0.29, 0.717) is 18.7 Å². The summed E-state index contributed by atoms with van der Waals surface area (Å²) in [4.78, 5) is 38.5. The highest BCUT2D eigenvalue weighted by molar-refractivity contribution is 7.89. The van der Waals surface area contributed by atoms with Gasteiger partial charge in [-0.25, -0.2) is 8.42 Å². The minimum atomic E-state index is -3.55. The molecule has 0 radical (unpaired) electrons. The molecule has 0 saturated carbocycles. The van der Waals surface area contributed by atoms with Crippen LogP contribution in [0.2, 0.25) is 0 Å². The molecule has 3 rings (SSSR count). The number of hydrogen-bond acceptors (Lipinski definition) is 6. The second-order valence-electron chi connectivity index (χ2n) is 7.39. The minimum Gasteiger partial charge on any atom is -0.294 e. The van der Waals surface area contributed by atoms with Gasteiger partial charge in [-0.05, 0) is 57.0 Å². The zero-order chi connectivity index (χ0) is 22.6.